The van der Waals surface area contributed by atoms with Gasteiger partial charge in [-0.25, -0.2) is 0 Å². The van der Waals surface area contributed by atoms with Crippen molar-refractivity contribution in [1.82, 2.24) is 0 Å². The fraction of sp³-hybridized carbons (Fsp3) is 0.701. The molecule has 5 radical (unpaired) electrons. The fourth-order valence-electron chi connectivity index (χ4n) is 18.2. The number of hydrogen-bond acceptors (Lipinski definition) is 0. The van der Waals surface area contributed by atoms with Gasteiger partial charge in [0.15, 0.2) is 5.70 Å². The van der Waals surface area contributed by atoms with Gasteiger partial charge < -0.3 is 0 Å². The first-order valence-electron chi connectivity index (χ1n) is 37.4. The summed E-state index contributed by atoms with van der Waals surface area (Å²) in [5, 5.41) is 1.47. The summed E-state index contributed by atoms with van der Waals surface area (Å²) in [6, 6.07) is 0. The molecule has 0 bridgehead atoms. The zero-order valence-electron chi connectivity index (χ0n) is 65.5. The van der Waals surface area contributed by atoms with E-state index in [1.807, 2.05) is 49.9 Å². The van der Waals surface area contributed by atoms with E-state index in [9.17, 15) is 0 Å². The molecule has 0 N–H and O–H groups in total. The van der Waals surface area contributed by atoms with Crippen molar-refractivity contribution in [3.05, 3.63) is 134 Å². The Morgan fingerprint density at radius 3 is 0.585 bits per heavy atom. The first kappa shape index (κ1) is 87.8. The van der Waals surface area contributed by atoms with E-state index in [1.54, 1.807) is 156 Å². The van der Waals surface area contributed by atoms with E-state index in [-0.39, 0.29) is 0 Å². The minimum Gasteiger partial charge on any atom is -0.171 e. The molecule has 94 heavy (non-hydrogen) atoms. The van der Waals surface area contributed by atoms with Gasteiger partial charge in [-0.3, -0.25) is 0 Å². The molecule has 0 nitrogen and oxygen atoms in total. The summed E-state index contributed by atoms with van der Waals surface area (Å²) in [5.41, 5.74) is 46.8. The van der Waals surface area contributed by atoms with Crippen molar-refractivity contribution in [2.75, 3.05) is 4.93 Å². The molecule has 0 aliphatic heterocycles. The van der Waals surface area contributed by atoms with Crippen LogP contribution in [0.2, 0.25) is 0 Å². The monoisotopic (exact) mass is 1720 g/mol. The lowest BCUT2D eigenvalue weighted by Gasteiger charge is -2.28. The van der Waals surface area contributed by atoms with E-state index < -0.39 is 0 Å². The van der Waals surface area contributed by atoms with Gasteiger partial charge in [-0.1, -0.05) is 211 Å². The first-order valence-corrected chi connectivity index (χ1v) is 43.1. The van der Waals surface area contributed by atoms with Crippen LogP contribution in [0.15, 0.2) is 134 Å². The van der Waals surface area contributed by atoms with Crippen LogP contribution in [0, 0.1) is 42.8 Å². The number of fused-ring (bicyclic) bond motifs is 3. The van der Waals surface area contributed by atoms with Crippen molar-refractivity contribution in [1.29, 1.82) is 0 Å². The summed E-state index contributed by atoms with van der Waals surface area (Å²) >= 11 is 7.56. The quantitative estimate of drug-likeness (QED) is 0.0981. The lowest BCUT2D eigenvalue weighted by atomic mass is 9.77. The van der Waals surface area contributed by atoms with Gasteiger partial charge in [-0.05, 0) is 313 Å². The third-order valence-electron chi connectivity index (χ3n) is 26.8. The van der Waals surface area contributed by atoms with Gasteiger partial charge in [0.2, 0.25) is 0 Å². The maximum atomic E-state index is 4.71. The number of allylic oxidation sites excluding steroid dienone is 24. The highest BCUT2D eigenvalue weighted by atomic mass is 127. The van der Waals surface area contributed by atoms with Crippen LogP contribution in [0.3, 0.4) is 0 Å². The molecule has 12 aliphatic carbocycles. The van der Waals surface area contributed by atoms with Crippen molar-refractivity contribution in [3.8, 4) is 10.4 Å². The number of hydrogen-bond donors (Lipinski definition) is 0. The van der Waals surface area contributed by atoms with Crippen molar-refractivity contribution < 1.29 is 0 Å². The molecule has 0 unspecified atom stereocenters. The molecule has 0 aromatic rings. The van der Waals surface area contributed by atoms with E-state index in [4.69, 9.17) is 7.74 Å². The standard InChI is InChI=1S/2C15H24.2C14H22.2C13H20.C2HI.CH3I.B2I.BI/c1-11-13-9-7-5-6-8-10-14(13)12(2)15(11,3)4;1-11-12(2)15(3,4)14-10-8-6-5-7-9-13(11)14;1-10-12-8-6-5-7-9-13(12)11(2)14(10,3)4;1-10-11(2)14(3,4)13-9-7-5-6-8-12(10)13;1-9-11-7-5-6-8-12(11)10(2)13(9,3)4;1-9-10(2)13(3,4)12-8-6-5-7-11(9)12;1-2-3;1-2;1-2-3;1-2/h2*5-10H2,1-4H3;2*5-9H2,1-4H3;2*5-8H2,1-4H3;1H;1H3;;. The molecule has 7 heteroatoms. The maximum absolute atomic E-state index is 4.71. The Hall–Kier alpha value is -0.445. The van der Waals surface area contributed by atoms with E-state index in [1.165, 1.54) is 198 Å². The highest BCUT2D eigenvalue weighted by Crippen LogP contribution is 2.56. The van der Waals surface area contributed by atoms with Crippen LogP contribution in [-0.2, 0) is 0 Å². The lowest BCUT2D eigenvalue weighted by Crippen LogP contribution is -2.14. The number of halogens is 4. The molecule has 3 saturated carbocycles. The third-order valence-corrected chi connectivity index (χ3v) is 26.8. The molecule has 0 aromatic carbocycles. The summed E-state index contributed by atoms with van der Waals surface area (Å²) in [6.45, 7) is 56.7. The van der Waals surface area contributed by atoms with Crippen LogP contribution in [0.25, 0.3) is 0 Å². The second-order valence-corrected chi connectivity index (χ2v) is 33.9. The zero-order valence-corrected chi connectivity index (χ0v) is 74.2. The molecule has 0 amide bonds. The molecule has 12 rings (SSSR count). The summed E-state index contributed by atoms with van der Waals surface area (Å²) in [4.78, 5) is 1.97. The second-order valence-electron chi connectivity index (χ2n) is 32.6. The molecular weight excluding hydrogens is 1590 g/mol. The van der Waals surface area contributed by atoms with Crippen LogP contribution >= 0.6 is 89.9 Å². The van der Waals surface area contributed by atoms with Crippen LogP contribution in [0.5, 0.6) is 0 Å². The van der Waals surface area contributed by atoms with Gasteiger partial charge in [-0.2, -0.15) is 44.7 Å². The van der Waals surface area contributed by atoms with E-state index in [2.05, 4.69) is 205 Å². The smallest absolute Gasteiger partial charge is 0.169 e. The van der Waals surface area contributed by atoms with Crippen LogP contribution in [-0.4, -0.2) is 23.4 Å². The van der Waals surface area contributed by atoms with Crippen molar-refractivity contribution >= 4 is 108 Å². The Morgan fingerprint density at radius 1 is 0.277 bits per heavy atom. The van der Waals surface area contributed by atoms with Gasteiger partial charge in [0.25, 0.3) is 0 Å². The highest BCUT2D eigenvalue weighted by molar-refractivity contribution is 14.1. The Balaban J connectivity index is 0.000000286. The predicted octanol–water partition coefficient (Wildman–Crippen LogP) is 30.4. The van der Waals surface area contributed by atoms with Gasteiger partial charge in [-0.15, -0.1) is 6.42 Å². The van der Waals surface area contributed by atoms with Crippen LogP contribution < -0.4 is 0 Å². The number of alkyl halides is 1. The Bertz CT molecular complexity index is 2970. The van der Waals surface area contributed by atoms with Gasteiger partial charge in [0.1, 0.15) is 5.03 Å². The van der Waals surface area contributed by atoms with E-state index in [0.717, 1.165) is 0 Å². The van der Waals surface area contributed by atoms with Gasteiger partial charge in [0, 0.05) is 62.8 Å². The lowest BCUT2D eigenvalue weighted by molar-refractivity contribution is 0.497. The average Bonchev–Trinajstić information content (AvgIpc) is 1.68. The molecule has 0 aromatic heterocycles. The molecule has 0 heterocycles. The third kappa shape index (κ3) is 20.5. The van der Waals surface area contributed by atoms with E-state index >= 15 is 0 Å². The molecule has 0 spiro atoms. The van der Waals surface area contributed by atoms with Crippen molar-refractivity contribution in [2.24, 2.45) is 32.5 Å². The highest BCUT2D eigenvalue weighted by Gasteiger charge is 2.41. The Labute approximate surface area is 642 Å². The summed E-state index contributed by atoms with van der Waals surface area (Å²) in [7, 11) is 4.71. The summed E-state index contributed by atoms with van der Waals surface area (Å²) in [6.07, 6.45) is 46.1. The fourth-order valence-corrected chi connectivity index (χ4v) is 18.2. The first-order chi connectivity index (χ1) is 44.1. The number of rotatable bonds is 0. The number of terminal acetylenes is 1. The molecule has 3 fully saturated rings. The second kappa shape index (κ2) is 39.8. The van der Waals surface area contributed by atoms with Crippen molar-refractivity contribution in [3.63, 3.8) is 0 Å². The molecular formula is C87H136B3I4. The zero-order chi connectivity index (χ0) is 71.5. The van der Waals surface area contributed by atoms with Crippen LogP contribution in [0.1, 0.15) is 359 Å². The maximum Gasteiger partial charge on any atom is 0.169 e. The largest absolute Gasteiger partial charge is 0.171 e. The average molecular weight is 1720 g/mol. The van der Waals surface area contributed by atoms with E-state index in [0.29, 0.717) is 32.5 Å². The summed E-state index contributed by atoms with van der Waals surface area (Å²) < 4.78 is 2.22. The topological polar surface area (TPSA) is 0 Å². The molecule has 0 saturated heterocycles. The minimum atomic E-state index is 0.342. The van der Waals surface area contributed by atoms with Gasteiger partial charge >= 0.3 is 0 Å². The van der Waals surface area contributed by atoms with Crippen LogP contribution in [0.4, 0.5) is 0 Å². The molecule has 521 valence electrons. The summed E-state index contributed by atoms with van der Waals surface area (Å²) in [5.74, 6) is 0. The Kier molecular flexibility index (Phi) is 37.2. The molecule has 12 aliphatic rings. The Morgan fingerprint density at radius 2 is 0.404 bits per heavy atom. The minimum absolute atomic E-state index is 0.342. The SMILES string of the molecule is C#CI.CC1=C(C)C(C)(C)C2=C1CCCC2.CC1=C(C)C(C)(C)C2=C1CCCCC2.CC1=C(C)C(C)(C)C2=C1CCCCCC2.CC1=C2CCCCC2=C(C)C1(C)C.CC1=C2CCCCCC2=C(C)C1(C)C.CC1=C2CCCCCCC2=C(C)C1(C)C.CI.[B]I.[B][B]I. The normalized spacial score (nSPS) is 24.1. The predicted molar refractivity (Wildman–Crippen MR) is 462 cm³/mol. The molecule has 0 atom stereocenters. The van der Waals surface area contributed by atoms with Crippen molar-refractivity contribution in [2.45, 2.75) is 359 Å². The van der Waals surface area contributed by atoms with Gasteiger partial charge in [0.05, 0.1) is 0 Å².